The van der Waals surface area contributed by atoms with E-state index in [0.717, 1.165) is 0 Å². The summed E-state index contributed by atoms with van der Waals surface area (Å²) in [5.74, 6) is -1.31. The highest BCUT2D eigenvalue weighted by Gasteiger charge is 2.17. The van der Waals surface area contributed by atoms with Crippen LogP contribution in [0.25, 0.3) is 11.0 Å². The number of para-hydroxylation sites is 1. The Labute approximate surface area is 114 Å². The highest BCUT2D eigenvalue weighted by Crippen LogP contribution is 2.16. The Balaban J connectivity index is 2.42. The Morgan fingerprint density at radius 2 is 2.25 bits per heavy atom. The number of benzene rings is 1. The third-order valence-corrected chi connectivity index (χ3v) is 3.00. The Bertz CT molecular complexity index is 691. The molecule has 0 spiro atoms. The van der Waals surface area contributed by atoms with E-state index in [4.69, 9.17) is 9.52 Å². The standard InChI is InChI=1S/C14H14FNO4/c1-2-9(7-17)16-13(18)10-6-8-4-3-5-11(15)12(8)20-14(10)19/h3-6,9,17H,2,7H2,1H3,(H,16,18). The predicted molar refractivity (Wildman–Crippen MR) is 71.1 cm³/mol. The van der Waals surface area contributed by atoms with Gasteiger partial charge in [0.15, 0.2) is 11.4 Å². The van der Waals surface area contributed by atoms with Crippen molar-refractivity contribution in [3.05, 3.63) is 46.1 Å². The minimum absolute atomic E-state index is 0.178. The van der Waals surface area contributed by atoms with Crippen LogP contribution in [0.15, 0.2) is 33.5 Å². The lowest BCUT2D eigenvalue weighted by Gasteiger charge is -2.13. The van der Waals surface area contributed by atoms with Gasteiger partial charge in [-0.2, -0.15) is 0 Å². The number of halogens is 1. The van der Waals surface area contributed by atoms with Crippen molar-refractivity contribution < 1.29 is 18.7 Å². The molecule has 1 aromatic heterocycles. The van der Waals surface area contributed by atoms with Crippen LogP contribution in [-0.2, 0) is 0 Å². The minimum atomic E-state index is -0.909. The van der Waals surface area contributed by atoms with Gasteiger partial charge in [-0.15, -0.1) is 0 Å². The van der Waals surface area contributed by atoms with E-state index in [1.165, 1.54) is 18.2 Å². The number of hydrogen-bond acceptors (Lipinski definition) is 4. The van der Waals surface area contributed by atoms with Gasteiger partial charge in [0.2, 0.25) is 0 Å². The van der Waals surface area contributed by atoms with Gasteiger partial charge in [-0.05, 0) is 18.6 Å². The molecule has 6 heteroatoms. The zero-order chi connectivity index (χ0) is 14.7. The van der Waals surface area contributed by atoms with Crippen LogP contribution in [0.5, 0.6) is 0 Å². The third kappa shape index (κ3) is 2.70. The second-order valence-corrected chi connectivity index (χ2v) is 4.37. The molecule has 0 bridgehead atoms. The van der Waals surface area contributed by atoms with E-state index in [-0.39, 0.29) is 17.8 Å². The molecule has 1 heterocycles. The summed E-state index contributed by atoms with van der Waals surface area (Å²) in [5, 5.41) is 11.9. The number of carbonyl (C=O) groups excluding carboxylic acids is 1. The summed E-state index contributed by atoms with van der Waals surface area (Å²) in [4.78, 5) is 23.7. The van der Waals surface area contributed by atoms with E-state index >= 15 is 0 Å². The van der Waals surface area contributed by atoms with Crippen molar-refractivity contribution in [3.8, 4) is 0 Å². The fraction of sp³-hybridized carbons (Fsp3) is 0.286. The van der Waals surface area contributed by atoms with Crippen LogP contribution in [0.1, 0.15) is 23.7 Å². The summed E-state index contributed by atoms with van der Waals surface area (Å²) in [6.07, 6.45) is 0.524. The summed E-state index contributed by atoms with van der Waals surface area (Å²) in [5.41, 5.74) is -1.30. The van der Waals surface area contributed by atoms with Crippen molar-refractivity contribution in [1.82, 2.24) is 5.32 Å². The molecule has 2 rings (SSSR count). The number of hydrogen-bond donors (Lipinski definition) is 2. The lowest BCUT2D eigenvalue weighted by atomic mass is 10.1. The van der Waals surface area contributed by atoms with Crippen molar-refractivity contribution in [2.45, 2.75) is 19.4 Å². The molecule has 1 atom stereocenters. The number of rotatable bonds is 4. The third-order valence-electron chi connectivity index (χ3n) is 3.00. The van der Waals surface area contributed by atoms with Crippen molar-refractivity contribution >= 4 is 16.9 Å². The molecule has 1 aromatic carbocycles. The van der Waals surface area contributed by atoms with Crippen LogP contribution < -0.4 is 10.9 Å². The predicted octanol–water partition coefficient (Wildman–Crippen LogP) is 1.43. The van der Waals surface area contributed by atoms with Gasteiger partial charge in [-0.25, -0.2) is 9.18 Å². The first-order chi connectivity index (χ1) is 9.56. The van der Waals surface area contributed by atoms with E-state index in [2.05, 4.69) is 5.32 Å². The summed E-state index contributed by atoms with van der Waals surface area (Å²) >= 11 is 0. The lowest BCUT2D eigenvalue weighted by Crippen LogP contribution is -2.38. The number of nitrogens with one attached hydrogen (secondary N) is 1. The normalized spacial score (nSPS) is 12.3. The van der Waals surface area contributed by atoms with Gasteiger partial charge in [0.25, 0.3) is 5.91 Å². The Kier molecular flexibility index (Phi) is 4.14. The topological polar surface area (TPSA) is 79.5 Å². The van der Waals surface area contributed by atoms with Crippen molar-refractivity contribution in [2.24, 2.45) is 0 Å². The fourth-order valence-electron chi connectivity index (χ4n) is 1.81. The van der Waals surface area contributed by atoms with Gasteiger partial charge in [0.1, 0.15) is 5.56 Å². The average molecular weight is 279 g/mol. The highest BCUT2D eigenvalue weighted by atomic mass is 19.1. The molecule has 2 aromatic rings. The molecular formula is C14H14FNO4. The minimum Gasteiger partial charge on any atom is -0.419 e. The van der Waals surface area contributed by atoms with E-state index in [0.29, 0.717) is 11.8 Å². The molecule has 0 fully saturated rings. The monoisotopic (exact) mass is 279 g/mol. The van der Waals surface area contributed by atoms with E-state index in [9.17, 15) is 14.0 Å². The van der Waals surface area contributed by atoms with Crippen molar-refractivity contribution in [2.75, 3.05) is 6.61 Å². The van der Waals surface area contributed by atoms with Crippen LogP contribution in [0.4, 0.5) is 4.39 Å². The zero-order valence-electron chi connectivity index (χ0n) is 10.9. The molecule has 106 valence electrons. The largest absolute Gasteiger partial charge is 0.419 e. The fourth-order valence-corrected chi connectivity index (χ4v) is 1.81. The Hall–Kier alpha value is -2.21. The summed E-state index contributed by atoms with van der Waals surface area (Å²) < 4.78 is 18.3. The molecule has 0 aliphatic heterocycles. The highest BCUT2D eigenvalue weighted by molar-refractivity contribution is 5.96. The lowest BCUT2D eigenvalue weighted by molar-refractivity contribution is 0.0911. The van der Waals surface area contributed by atoms with Crippen LogP contribution in [0.3, 0.4) is 0 Å². The molecule has 0 saturated carbocycles. The van der Waals surface area contributed by atoms with Crippen molar-refractivity contribution in [3.63, 3.8) is 0 Å². The molecule has 1 unspecified atom stereocenters. The number of aliphatic hydroxyl groups is 1. The maximum Gasteiger partial charge on any atom is 0.349 e. The number of amides is 1. The maximum atomic E-state index is 13.5. The van der Waals surface area contributed by atoms with Crippen LogP contribution >= 0.6 is 0 Å². The number of carbonyl (C=O) groups is 1. The quantitative estimate of drug-likeness (QED) is 0.830. The van der Waals surface area contributed by atoms with Gasteiger partial charge < -0.3 is 14.8 Å². The SMILES string of the molecule is CCC(CO)NC(=O)c1cc2cccc(F)c2oc1=O. The zero-order valence-corrected chi connectivity index (χ0v) is 10.9. The van der Waals surface area contributed by atoms with Gasteiger partial charge >= 0.3 is 5.63 Å². The Morgan fingerprint density at radius 3 is 2.90 bits per heavy atom. The second-order valence-electron chi connectivity index (χ2n) is 4.37. The van der Waals surface area contributed by atoms with Crippen molar-refractivity contribution in [1.29, 1.82) is 0 Å². The van der Waals surface area contributed by atoms with Gasteiger partial charge in [-0.3, -0.25) is 4.79 Å². The van der Waals surface area contributed by atoms with Crippen LogP contribution in [0.2, 0.25) is 0 Å². The van der Waals surface area contributed by atoms with Gasteiger partial charge in [0, 0.05) is 5.39 Å². The molecule has 20 heavy (non-hydrogen) atoms. The molecule has 0 radical (unpaired) electrons. The average Bonchev–Trinajstić information content (AvgIpc) is 2.45. The first-order valence-electron chi connectivity index (χ1n) is 6.21. The number of fused-ring (bicyclic) bond motifs is 1. The van der Waals surface area contributed by atoms with E-state index in [1.54, 1.807) is 13.0 Å². The maximum absolute atomic E-state index is 13.5. The summed E-state index contributed by atoms with van der Waals surface area (Å²) in [7, 11) is 0. The molecule has 2 N–H and O–H groups in total. The van der Waals surface area contributed by atoms with Gasteiger partial charge in [0.05, 0.1) is 12.6 Å². The molecule has 0 aliphatic carbocycles. The summed E-state index contributed by atoms with van der Waals surface area (Å²) in [6.45, 7) is 1.56. The Morgan fingerprint density at radius 1 is 1.50 bits per heavy atom. The first-order valence-corrected chi connectivity index (χ1v) is 6.21. The molecule has 5 nitrogen and oxygen atoms in total. The molecule has 0 saturated heterocycles. The van der Waals surface area contributed by atoms with E-state index < -0.39 is 23.4 Å². The van der Waals surface area contributed by atoms with Crippen LogP contribution in [0, 0.1) is 5.82 Å². The first kappa shape index (κ1) is 14.2. The summed E-state index contributed by atoms with van der Waals surface area (Å²) in [6, 6.07) is 5.02. The van der Waals surface area contributed by atoms with Crippen LogP contribution in [-0.4, -0.2) is 23.7 Å². The second kappa shape index (κ2) is 5.83. The van der Waals surface area contributed by atoms with E-state index in [1.807, 2.05) is 0 Å². The number of aliphatic hydroxyl groups excluding tert-OH is 1. The van der Waals surface area contributed by atoms with Gasteiger partial charge in [-0.1, -0.05) is 19.1 Å². The molecular weight excluding hydrogens is 265 g/mol. The molecule has 0 aliphatic rings. The smallest absolute Gasteiger partial charge is 0.349 e. The molecule has 1 amide bonds.